The fourth-order valence-corrected chi connectivity index (χ4v) is 3.42. The number of hydrogen-bond donors (Lipinski definition) is 4. The molecule has 0 aromatic heterocycles. The average Bonchev–Trinajstić information content (AvgIpc) is 2.56. The van der Waals surface area contributed by atoms with Gasteiger partial charge in [-0.1, -0.05) is 39.3 Å². The summed E-state index contributed by atoms with van der Waals surface area (Å²) in [6.07, 6.45) is -1.91. The van der Waals surface area contributed by atoms with Crippen molar-refractivity contribution in [2.24, 2.45) is 5.73 Å². The lowest BCUT2D eigenvalue weighted by molar-refractivity contribution is -0.146. The molecule has 0 aromatic carbocycles. The van der Waals surface area contributed by atoms with Crippen molar-refractivity contribution >= 4 is 34.1 Å². The lowest BCUT2D eigenvalue weighted by atomic mass is 10.3. The van der Waals surface area contributed by atoms with E-state index in [4.69, 9.17) is 15.2 Å². The van der Waals surface area contributed by atoms with Crippen LogP contribution in [0.2, 0.25) is 51.4 Å². The number of alkyl carbamates (subject to hydrolysis) is 1. The number of amides is 2. The Morgan fingerprint density at radius 2 is 1.45 bits per heavy atom. The molecule has 0 aliphatic heterocycles. The van der Waals surface area contributed by atoms with Gasteiger partial charge in [-0.2, -0.15) is 0 Å². The summed E-state index contributed by atoms with van der Waals surface area (Å²) in [7, 11) is -2.72. The largest absolute Gasteiger partial charge is 0.463 e. The Morgan fingerprint density at radius 3 is 1.93 bits per heavy atom. The molecule has 11 heteroatoms. The van der Waals surface area contributed by atoms with Crippen LogP contribution in [0.1, 0.15) is 6.92 Å². The van der Waals surface area contributed by atoms with Crippen LogP contribution in [0.3, 0.4) is 0 Å². The topological polar surface area (TPSA) is 132 Å². The predicted octanol–water partition coefficient (Wildman–Crippen LogP) is 1.31. The van der Waals surface area contributed by atoms with Gasteiger partial charge >= 0.3 is 12.1 Å². The highest BCUT2D eigenvalue weighted by molar-refractivity contribution is 6.76. The van der Waals surface area contributed by atoms with Crippen LogP contribution < -0.4 is 21.7 Å². The Bertz CT molecular complexity index is 535. The summed E-state index contributed by atoms with van der Waals surface area (Å²) < 4.78 is 10.5. The van der Waals surface area contributed by atoms with E-state index >= 15 is 0 Å². The van der Waals surface area contributed by atoms with E-state index in [1.807, 2.05) is 0 Å². The van der Waals surface area contributed by atoms with Gasteiger partial charge in [0.05, 0.1) is 19.3 Å². The summed E-state index contributed by atoms with van der Waals surface area (Å²) in [6, 6.07) is 0.883. The minimum Gasteiger partial charge on any atom is -0.463 e. The molecule has 1 unspecified atom stereocenters. The number of ether oxygens (including phenoxy) is 2. The molecule has 0 spiro atoms. The second kappa shape index (κ2) is 13.0. The first-order chi connectivity index (χ1) is 13.2. The summed E-state index contributed by atoms with van der Waals surface area (Å²) in [4.78, 5) is 36.7. The molecular formula is C18H40N4O5Si2. The van der Waals surface area contributed by atoms with E-state index < -0.39 is 40.4 Å². The molecular weight excluding hydrogens is 408 g/mol. The molecule has 0 bridgehead atoms. The number of esters is 1. The molecule has 2 atom stereocenters. The SMILES string of the molecule is CC(N[C@H](NC(=O)OCC[Si](C)(C)C)C(=O)OCC[Si](C)(C)C)C(=O)NCCN. The van der Waals surface area contributed by atoms with Crippen LogP contribution in [0.4, 0.5) is 4.79 Å². The number of nitrogens with one attached hydrogen (secondary N) is 3. The maximum absolute atomic E-state index is 12.5. The first kappa shape index (κ1) is 27.6. The molecule has 29 heavy (non-hydrogen) atoms. The van der Waals surface area contributed by atoms with Gasteiger partial charge in [0.1, 0.15) is 0 Å². The molecule has 0 radical (unpaired) electrons. The van der Waals surface area contributed by atoms with Gasteiger partial charge in [0.25, 0.3) is 0 Å². The number of hydrogen-bond acceptors (Lipinski definition) is 7. The highest BCUT2D eigenvalue weighted by Gasteiger charge is 2.27. The minimum atomic E-state index is -1.37. The molecule has 0 fully saturated rings. The van der Waals surface area contributed by atoms with Gasteiger partial charge in [-0.15, -0.1) is 0 Å². The Morgan fingerprint density at radius 1 is 0.931 bits per heavy atom. The second-order valence-electron chi connectivity index (χ2n) is 9.47. The van der Waals surface area contributed by atoms with Crippen molar-refractivity contribution in [3.8, 4) is 0 Å². The second-order valence-corrected chi connectivity index (χ2v) is 20.7. The lowest BCUT2D eigenvalue weighted by Crippen LogP contribution is -2.57. The zero-order valence-electron chi connectivity index (χ0n) is 19.0. The Kier molecular flexibility index (Phi) is 12.3. The molecule has 0 saturated carbocycles. The maximum Gasteiger partial charge on any atom is 0.408 e. The van der Waals surface area contributed by atoms with Crippen LogP contribution in [0.5, 0.6) is 0 Å². The van der Waals surface area contributed by atoms with Crippen molar-refractivity contribution in [1.82, 2.24) is 16.0 Å². The summed E-state index contributed by atoms with van der Waals surface area (Å²) in [5.74, 6) is -0.979. The molecule has 0 aromatic rings. The normalized spacial score (nSPS) is 13.9. The molecule has 0 aliphatic rings. The maximum atomic E-state index is 12.5. The standard InChI is InChI=1S/C18H40N4O5Si2/c1-14(16(23)20-9-8-19)21-15(17(24)26-10-12-28(2,3)4)22-18(25)27-11-13-29(5,6)7/h14-15,21H,8-13,19H2,1-7H3,(H,20,23)(H,22,25)/t14?,15-/m1/s1. The van der Waals surface area contributed by atoms with E-state index in [1.165, 1.54) is 0 Å². The lowest BCUT2D eigenvalue weighted by Gasteiger charge is -2.23. The molecule has 0 heterocycles. The Labute approximate surface area is 176 Å². The molecule has 2 amide bonds. The van der Waals surface area contributed by atoms with Crippen molar-refractivity contribution < 1.29 is 23.9 Å². The fourth-order valence-electron chi connectivity index (χ4n) is 1.99. The van der Waals surface area contributed by atoms with Crippen molar-refractivity contribution in [3.63, 3.8) is 0 Å². The zero-order valence-corrected chi connectivity index (χ0v) is 21.0. The van der Waals surface area contributed by atoms with Crippen LogP contribution in [0.15, 0.2) is 0 Å². The monoisotopic (exact) mass is 448 g/mol. The number of rotatable bonds is 13. The third-order valence-corrected chi connectivity index (χ3v) is 7.34. The van der Waals surface area contributed by atoms with Gasteiger partial charge < -0.3 is 20.5 Å². The van der Waals surface area contributed by atoms with Gasteiger partial charge in [0.15, 0.2) is 6.17 Å². The quantitative estimate of drug-likeness (QED) is 0.190. The summed E-state index contributed by atoms with van der Waals surface area (Å²) in [5.41, 5.74) is 5.38. The molecule has 0 aliphatic carbocycles. The highest BCUT2D eigenvalue weighted by atomic mass is 28.3. The zero-order chi connectivity index (χ0) is 22.7. The summed E-state index contributed by atoms with van der Waals surface area (Å²) in [5, 5.41) is 7.89. The van der Waals surface area contributed by atoms with Crippen molar-refractivity contribution in [2.45, 2.75) is 70.5 Å². The molecule has 0 rings (SSSR count). The highest BCUT2D eigenvalue weighted by Crippen LogP contribution is 2.09. The number of carbonyl (C=O) groups is 3. The van der Waals surface area contributed by atoms with Crippen LogP contribution in [-0.4, -0.2) is 72.6 Å². The molecule has 9 nitrogen and oxygen atoms in total. The molecule has 5 N–H and O–H groups in total. The smallest absolute Gasteiger partial charge is 0.408 e. The molecule has 170 valence electrons. The van der Waals surface area contributed by atoms with Gasteiger partial charge in [-0.05, 0) is 19.0 Å². The van der Waals surface area contributed by atoms with Gasteiger partial charge in [0.2, 0.25) is 5.91 Å². The van der Waals surface area contributed by atoms with E-state index in [-0.39, 0.29) is 19.1 Å². The third-order valence-electron chi connectivity index (χ3n) is 3.93. The van der Waals surface area contributed by atoms with Crippen molar-refractivity contribution in [2.75, 3.05) is 26.3 Å². The number of carbonyl (C=O) groups excluding carboxylic acids is 3. The van der Waals surface area contributed by atoms with E-state index in [2.05, 4.69) is 55.2 Å². The Balaban J connectivity index is 4.87. The first-order valence-electron chi connectivity index (χ1n) is 10.1. The van der Waals surface area contributed by atoms with E-state index in [0.717, 1.165) is 12.1 Å². The number of nitrogens with two attached hydrogens (primary N) is 1. The summed E-state index contributed by atoms with van der Waals surface area (Å²) in [6.45, 7) is 15.8. The van der Waals surface area contributed by atoms with Gasteiger partial charge in [0, 0.05) is 29.2 Å². The van der Waals surface area contributed by atoms with E-state index in [9.17, 15) is 14.4 Å². The molecule has 0 saturated heterocycles. The fraction of sp³-hybridized carbons (Fsp3) is 0.833. The van der Waals surface area contributed by atoms with Crippen LogP contribution >= 0.6 is 0 Å². The van der Waals surface area contributed by atoms with Crippen LogP contribution in [0.25, 0.3) is 0 Å². The Hall–Kier alpha value is -1.44. The average molecular weight is 449 g/mol. The van der Waals surface area contributed by atoms with Gasteiger partial charge in [-0.25, -0.2) is 9.59 Å². The van der Waals surface area contributed by atoms with Crippen molar-refractivity contribution in [1.29, 1.82) is 0 Å². The first-order valence-corrected chi connectivity index (χ1v) is 17.5. The summed E-state index contributed by atoms with van der Waals surface area (Å²) >= 11 is 0. The van der Waals surface area contributed by atoms with Crippen LogP contribution in [0, 0.1) is 0 Å². The third kappa shape index (κ3) is 15.1. The van der Waals surface area contributed by atoms with Gasteiger partial charge in [-0.3, -0.25) is 15.4 Å². The van der Waals surface area contributed by atoms with E-state index in [0.29, 0.717) is 13.1 Å². The minimum absolute atomic E-state index is 0.271. The predicted molar refractivity (Wildman–Crippen MR) is 120 cm³/mol. The van der Waals surface area contributed by atoms with Crippen molar-refractivity contribution in [3.05, 3.63) is 0 Å². The van der Waals surface area contributed by atoms with E-state index in [1.54, 1.807) is 6.92 Å². The van der Waals surface area contributed by atoms with Crippen LogP contribution in [-0.2, 0) is 19.1 Å².